The summed E-state index contributed by atoms with van der Waals surface area (Å²) in [6, 6.07) is 5.48. The van der Waals surface area contributed by atoms with Crippen LogP contribution in [0.25, 0.3) is 0 Å². The Morgan fingerprint density at radius 3 is 2.38 bits per heavy atom. The third-order valence-corrected chi connectivity index (χ3v) is 4.78. The van der Waals surface area contributed by atoms with Crippen molar-refractivity contribution >= 4 is 27.8 Å². The van der Waals surface area contributed by atoms with E-state index in [1.54, 1.807) is 6.07 Å². The quantitative estimate of drug-likeness (QED) is 0.814. The zero-order chi connectivity index (χ0) is 15.5. The molecule has 1 saturated carbocycles. The molecule has 0 saturated heterocycles. The molecule has 21 heavy (non-hydrogen) atoms. The van der Waals surface area contributed by atoms with Gasteiger partial charge in [0.2, 0.25) is 0 Å². The molecule has 4 nitrogen and oxygen atoms in total. The van der Waals surface area contributed by atoms with Crippen LogP contribution in [0, 0.1) is 6.92 Å². The first-order valence-corrected chi connectivity index (χ1v) is 8.06. The molecule has 1 aliphatic carbocycles. The molecule has 0 aromatic heterocycles. The van der Waals surface area contributed by atoms with Crippen LogP contribution >= 0.6 is 15.9 Å². The van der Waals surface area contributed by atoms with Gasteiger partial charge in [-0.3, -0.25) is 4.79 Å². The van der Waals surface area contributed by atoms with Gasteiger partial charge in [-0.15, -0.1) is 0 Å². The van der Waals surface area contributed by atoms with Crippen LogP contribution in [0.5, 0.6) is 0 Å². The molecule has 1 amide bonds. The average molecular weight is 354 g/mol. The van der Waals surface area contributed by atoms with E-state index in [2.05, 4.69) is 21.2 Å². The fourth-order valence-corrected chi connectivity index (χ4v) is 3.25. The number of aliphatic carboxylic acids is 1. The minimum atomic E-state index is -1.13. The summed E-state index contributed by atoms with van der Waals surface area (Å²) in [6.07, 6.45) is 4.72. The maximum Gasteiger partial charge on any atom is 0.329 e. The first kappa shape index (κ1) is 16.0. The Morgan fingerprint density at radius 2 is 1.81 bits per heavy atom. The highest BCUT2D eigenvalue weighted by Gasteiger charge is 2.40. The molecule has 2 rings (SSSR count). The van der Waals surface area contributed by atoms with Gasteiger partial charge in [0.1, 0.15) is 5.54 Å². The molecule has 1 fully saturated rings. The predicted octanol–water partition coefficient (Wildman–Crippen LogP) is 3.66. The molecule has 1 aliphatic rings. The lowest BCUT2D eigenvalue weighted by molar-refractivity contribution is -0.145. The Kier molecular flexibility index (Phi) is 5.04. The molecule has 1 aromatic rings. The molecule has 0 heterocycles. The zero-order valence-electron chi connectivity index (χ0n) is 12.1. The second-order valence-corrected chi connectivity index (χ2v) is 6.59. The van der Waals surface area contributed by atoms with E-state index in [-0.39, 0.29) is 5.91 Å². The number of benzene rings is 1. The molecular weight excluding hydrogens is 334 g/mol. The van der Waals surface area contributed by atoms with Gasteiger partial charge in [0.05, 0.1) is 5.56 Å². The summed E-state index contributed by atoms with van der Waals surface area (Å²) < 4.78 is 0.680. The highest BCUT2D eigenvalue weighted by atomic mass is 79.9. The second kappa shape index (κ2) is 6.60. The SMILES string of the molecule is Cc1ccc(Br)c(C(=O)NC2(C(=O)O)CCCCCC2)c1. The van der Waals surface area contributed by atoms with Crippen molar-refractivity contribution in [2.45, 2.75) is 51.0 Å². The molecule has 1 aromatic carbocycles. The Balaban J connectivity index is 2.26. The Labute approximate surface area is 133 Å². The molecule has 0 spiro atoms. The zero-order valence-corrected chi connectivity index (χ0v) is 13.7. The summed E-state index contributed by atoms with van der Waals surface area (Å²) in [7, 11) is 0. The van der Waals surface area contributed by atoms with Gasteiger partial charge in [-0.25, -0.2) is 4.79 Å². The van der Waals surface area contributed by atoms with Gasteiger partial charge in [-0.2, -0.15) is 0 Å². The number of nitrogens with one attached hydrogen (secondary N) is 1. The average Bonchev–Trinajstić information content (AvgIpc) is 2.68. The van der Waals surface area contributed by atoms with Crippen LogP contribution in [-0.4, -0.2) is 22.5 Å². The Bertz CT molecular complexity index is 548. The van der Waals surface area contributed by atoms with Crippen LogP contribution in [0.15, 0.2) is 22.7 Å². The van der Waals surface area contributed by atoms with Gasteiger partial charge in [0.15, 0.2) is 0 Å². The lowest BCUT2D eigenvalue weighted by atomic mass is 9.89. The number of rotatable bonds is 3. The summed E-state index contributed by atoms with van der Waals surface area (Å²) in [6.45, 7) is 1.90. The van der Waals surface area contributed by atoms with Gasteiger partial charge in [0, 0.05) is 4.47 Å². The highest BCUT2D eigenvalue weighted by Crippen LogP contribution is 2.28. The minimum Gasteiger partial charge on any atom is -0.480 e. The number of aryl methyl sites for hydroxylation is 1. The number of carbonyl (C=O) groups is 2. The molecule has 114 valence electrons. The lowest BCUT2D eigenvalue weighted by Crippen LogP contribution is -2.54. The Morgan fingerprint density at radius 1 is 1.19 bits per heavy atom. The largest absolute Gasteiger partial charge is 0.480 e. The van der Waals surface area contributed by atoms with Crippen molar-refractivity contribution in [3.05, 3.63) is 33.8 Å². The molecule has 0 radical (unpaired) electrons. The molecule has 0 bridgehead atoms. The summed E-state index contributed by atoms with van der Waals surface area (Å²) in [5, 5.41) is 12.4. The summed E-state index contributed by atoms with van der Waals surface area (Å²) in [5.41, 5.74) is 0.324. The number of carboxylic acids is 1. The third kappa shape index (κ3) is 3.64. The number of halogens is 1. The van der Waals surface area contributed by atoms with E-state index in [9.17, 15) is 14.7 Å². The summed E-state index contributed by atoms with van der Waals surface area (Å²) in [4.78, 5) is 24.2. The van der Waals surface area contributed by atoms with E-state index < -0.39 is 11.5 Å². The van der Waals surface area contributed by atoms with Gasteiger partial charge in [-0.1, -0.05) is 37.3 Å². The van der Waals surface area contributed by atoms with E-state index in [0.29, 0.717) is 22.9 Å². The van der Waals surface area contributed by atoms with Crippen molar-refractivity contribution in [2.24, 2.45) is 0 Å². The van der Waals surface area contributed by atoms with E-state index >= 15 is 0 Å². The van der Waals surface area contributed by atoms with Crippen LogP contribution in [0.4, 0.5) is 0 Å². The first-order valence-electron chi connectivity index (χ1n) is 7.27. The molecule has 0 aliphatic heterocycles. The van der Waals surface area contributed by atoms with Crippen molar-refractivity contribution in [1.82, 2.24) is 5.32 Å². The van der Waals surface area contributed by atoms with Crippen molar-refractivity contribution in [1.29, 1.82) is 0 Å². The van der Waals surface area contributed by atoms with Crippen LogP contribution in [0.2, 0.25) is 0 Å². The van der Waals surface area contributed by atoms with Crippen molar-refractivity contribution in [3.8, 4) is 0 Å². The molecular formula is C16H20BrNO3. The predicted molar refractivity (Wildman–Crippen MR) is 84.4 cm³/mol. The normalized spacial score (nSPS) is 17.8. The number of hydrogen-bond acceptors (Lipinski definition) is 2. The fraction of sp³-hybridized carbons (Fsp3) is 0.500. The second-order valence-electron chi connectivity index (χ2n) is 5.74. The molecule has 0 atom stereocenters. The number of carboxylic acid groups (broad SMARTS) is 1. The molecule has 5 heteroatoms. The topological polar surface area (TPSA) is 66.4 Å². The number of amides is 1. The van der Waals surface area contributed by atoms with Crippen molar-refractivity contribution in [2.75, 3.05) is 0 Å². The van der Waals surface area contributed by atoms with Crippen LogP contribution in [0.1, 0.15) is 54.4 Å². The van der Waals surface area contributed by atoms with Gasteiger partial charge in [0.25, 0.3) is 5.91 Å². The lowest BCUT2D eigenvalue weighted by Gasteiger charge is -2.29. The summed E-state index contributed by atoms with van der Waals surface area (Å²) in [5.74, 6) is -1.25. The van der Waals surface area contributed by atoms with Crippen LogP contribution in [-0.2, 0) is 4.79 Å². The fourth-order valence-electron chi connectivity index (χ4n) is 2.82. The van der Waals surface area contributed by atoms with Crippen molar-refractivity contribution < 1.29 is 14.7 Å². The molecule has 0 unspecified atom stereocenters. The van der Waals surface area contributed by atoms with Crippen LogP contribution in [0.3, 0.4) is 0 Å². The van der Waals surface area contributed by atoms with E-state index in [0.717, 1.165) is 31.2 Å². The van der Waals surface area contributed by atoms with Crippen LogP contribution < -0.4 is 5.32 Å². The van der Waals surface area contributed by atoms with E-state index in [1.807, 2.05) is 19.1 Å². The highest BCUT2D eigenvalue weighted by molar-refractivity contribution is 9.10. The van der Waals surface area contributed by atoms with E-state index in [4.69, 9.17) is 0 Å². The Hall–Kier alpha value is -1.36. The standard InChI is InChI=1S/C16H20BrNO3/c1-11-6-7-13(17)12(10-11)14(19)18-16(15(20)21)8-4-2-3-5-9-16/h6-7,10H,2-5,8-9H2,1H3,(H,18,19)(H,20,21). The number of carbonyl (C=O) groups excluding carboxylic acids is 1. The van der Waals surface area contributed by atoms with Crippen molar-refractivity contribution in [3.63, 3.8) is 0 Å². The summed E-state index contributed by atoms with van der Waals surface area (Å²) >= 11 is 3.36. The smallest absolute Gasteiger partial charge is 0.329 e. The van der Waals surface area contributed by atoms with Gasteiger partial charge >= 0.3 is 5.97 Å². The monoisotopic (exact) mass is 353 g/mol. The van der Waals surface area contributed by atoms with Gasteiger partial charge in [-0.05, 0) is 47.8 Å². The maximum absolute atomic E-state index is 12.5. The maximum atomic E-state index is 12.5. The van der Waals surface area contributed by atoms with Gasteiger partial charge < -0.3 is 10.4 Å². The van der Waals surface area contributed by atoms with E-state index in [1.165, 1.54) is 0 Å². The third-order valence-electron chi connectivity index (χ3n) is 4.09. The minimum absolute atomic E-state index is 0.324. The number of hydrogen-bond donors (Lipinski definition) is 2. The first-order chi connectivity index (χ1) is 9.94. The molecule has 2 N–H and O–H groups in total.